The minimum absolute atomic E-state index is 0.0926. The molecule has 134 valence electrons. The van der Waals surface area contributed by atoms with E-state index in [0.717, 1.165) is 11.5 Å². The Hall–Kier alpha value is -2.50. The van der Waals surface area contributed by atoms with E-state index < -0.39 is 6.04 Å². The molecule has 0 bridgehead atoms. The van der Waals surface area contributed by atoms with E-state index in [1.165, 1.54) is 0 Å². The van der Waals surface area contributed by atoms with E-state index in [1.807, 2.05) is 39.0 Å². The first kappa shape index (κ1) is 21.5. The summed E-state index contributed by atoms with van der Waals surface area (Å²) >= 11 is 0. The van der Waals surface area contributed by atoms with Crippen LogP contribution in [0.2, 0.25) is 0 Å². The molecule has 0 aliphatic rings. The number of furan rings is 1. The first-order chi connectivity index (χ1) is 11.7. The predicted octanol–water partition coefficient (Wildman–Crippen LogP) is 1.13. The van der Waals surface area contributed by atoms with E-state index in [0.29, 0.717) is 17.5 Å². The van der Waals surface area contributed by atoms with Gasteiger partial charge in [0.25, 0.3) is 0 Å². The van der Waals surface area contributed by atoms with E-state index in [9.17, 15) is 9.59 Å². The van der Waals surface area contributed by atoms with Crippen LogP contribution in [0.15, 0.2) is 22.8 Å². The van der Waals surface area contributed by atoms with Crippen molar-refractivity contribution in [3.05, 3.63) is 29.0 Å². The van der Waals surface area contributed by atoms with Crippen LogP contribution in [0.4, 0.5) is 5.69 Å². The number of hydrogen-bond acceptors (Lipinski definition) is 5. The quantitative estimate of drug-likeness (QED) is 0.620. The van der Waals surface area contributed by atoms with Gasteiger partial charge in [-0.3, -0.25) is 4.79 Å². The second kappa shape index (κ2) is 13.0. The summed E-state index contributed by atoms with van der Waals surface area (Å²) in [4.78, 5) is 22.5. The molecule has 1 heterocycles. The summed E-state index contributed by atoms with van der Waals surface area (Å²) in [6.45, 7) is 5.92. The molecule has 0 aliphatic carbocycles. The third kappa shape index (κ3) is 7.17. The maximum Gasteiger partial charge on any atom is 0.219 e. The Kier molecular flexibility index (Phi) is 11.6. The maximum absolute atomic E-state index is 11.3. The van der Waals surface area contributed by atoms with Crippen LogP contribution < -0.4 is 26.6 Å². The smallest absolute Gasteiger partial charge is 0.219 e. The molecule has 1 aromatic heterocycles. The molecule has 6 heteroatoms. The lowest BCUT2D eigenvalue weighted by Crippen LogP contribution is -2.30. The van der Waals surface area contributed by atoms with E-state index in [1.54, 1.807) is 26.6 Å². The lowest BCUT2D eigenvalue weighted by atomic mass is 10.1. The molecule has 1 rings (SSSR count). The number of rotatable bonds is 8. The number of carbonyl (C=O) groups excluding carboxylic acids is 2. The second-order valence-corrected chi connectivity index (χ2v) is 4.65. The molecule has 0 aromatic carbocycles. The van der Waals surface area contributed by atoms with Gasteiger partial charge in [-0.1, -0.05) is 26.0 Å². The van der Waals surface area contributed by atoms with Crippen molar-refractivity contribution in [2.45, 2.75) is 39.7 Å². The number of amides is 1. The molecule has 0 aliphatic heterocycles. The van der Waals surface area contributed by atoms with Gasteiger partial charge < -0.3 is 25.2 Å². The summed E-state index contributed by atoms with van der Waals surface area (Å²) in [6, 6.07) is -0.450. The topological polar surface area (TPSA) is 83.4 Å². The maximum atomic E-state index is 11.3. The van der Waals surface area contributed by atoms with Gasteiger partial charge in [-0.2, -0.15) is 0 Å². The van der Waals surface area contributed by atoms with Crippen molar-refractivity contribution < 1.29 is 14.0 Å². The van der Waals surface area contributed by atoms with Gasteiger partial charge in [-0.25, -0.2) is 0 Å². The molecule has 0 radical (unpaired) electrons. The van der Waals surface area contributed by atoms with Gasteiger partial charge in [0.1, 0.15) is 18.0 Å². The Morgan fingerprint density at radius 2 is 2.04 bits per heavy atom. The highest BCUT2D eigenvalue weighted by molar-refractivity contribution is 5.76. The Morgan fingerprint density at radius 1 is 1.33 bits per heavy atom. The number of carbonyl (C=O) groups is 2. The van der Waals surface area contributed by atoms with Gasteiger partial charge >= 0.3 is 0 Å². The fraction of sp³-hybridized carbons (Fsp3) is 0.444. The second-order valence-electron chi connectivity index (χ2n) is 4.65. The minimum Gasteiger partial charge on any atom is -0.462 e. The number of hydrogen-bond donors (Lipinski definition) is 3. The van der Waals surface area contributed by atoms with Crippen molar-refractivity contribution in [2.24, 2.45) is 0 Å². The van der Waals surface area contributed by atoms with Crippen molar-refractivity contribution in [3.8, 4) is 0 Å². The SMILES string of the molecule is CC.C\C=C/C=c1/occ(NC(C=O)CCC(=O)NC)/c1=C/NC. The van der Waals surface area contributed by atoms with Crippen LogP contribution in [0.1, 0.15) is 33.6 Å². The van der Waals surface area contributed by atoms with E-state index in [4.69, 9.17) is 4.42 Å². The average Bonchev–Trinajstić information content (AvgIpc) is 3.00. The summed E-state index contributed by atoms with van der Waals surface area (Å²) in [5, 5.41) is 9.42. The fourth-order valence-electron chi connectivity index (χ4n) is 1.89. The molecule has 24 heavy (non-hydrogen) atoms. The highest BCUT2D eigenvalue weighted by Gasteiger charge is 2.11. The third-order valence-electron chi connectivity index (χ3n) is 3.05. The zero-order chi connectivity index (χ0) is 18.4. The zero-order valence-corrected chi connectivity index (χ0v) is 15.2. The number of nitrogens with one attached hydrogen (secondary N) is 3. The van der Waals surface area contributed by atoms with E-state index in [2.05, 4.69) is 16.0 Å². The van der Waals surface area contributed by atoms with Crippen LogP contribution in [0, 0.1) is 0 Å². The largest absolute Gasteiger partial charge is 0.462 e. The molecule has 6 nitrogen and oxygen atoms in total. The number of allylic oxidation sites excluding steroid dienone is 2. The molecule has 0 saturated heterocycles. The Bertz CT molecular complexity index is 632. The molecule has 0 fully saturated rings. The predicted molar refractivity (Wildman–Crippen MR) is 98.9 cm³/mol. The summed E-state index contributed by atoms with van der Waals surface area (Å²) in [5.41, 5.74) is 1.39. The molecule has 1 amide bonds. The van der Waals surface area contributed by atoms with Crippen LogP contribution in [0.3, 0.4) is 0 Å². The summed E-state index contributed by atoms with van der Waals surface area (Å²) < 4.78 is 5.51. The number of aldehydes is 1. The third-order valence-corrected chi connectivity index (χ3v) is 3.05. The van der Waals surface area contributed by atoms with Gasteiger partial charge in [-0.05, 0) is 19.4 Å². The Labute approximate surface area is 143 Å². The molecular weight excluding hydrogens is 306 g/mol. The monoisotopic (exact) mass is 335 g/mol. The number of anilines is 1. The first-order valence-electron chi connectivity index (χ1n) is 8.16. The standard InChI is InChI=1S/C16H23N3O3.C2H6/c1-4-5-6-15-13(9-17-2)14(11-22-15)19-12(10-20)7-8-16(21)18-3;1-2/h4-6,9-12,17,19H,7-8H2,1-3H3,(H,18,21);1-2H3/b5-4-,13-9-,15-6+;. The van der Waals surface area contributed by atoms with Crippen LogP contribution >= 0.6 is 0 Å². The van der Waals surface area contributed by atoms with Gasteiger partial charge in [0.2, 0.25) is 5.91 Å². The zero-order valence-electron chi connectivity index (χ0n) is 15.2. The van der Waals surface area contributed by atoms with Gasteiger partial charge in [0.15, 0.2) is 0 Å². The Balaban J connectivity index is 0.00000254. The van der Waals surface area contributed by atoms with Gasteiger partial charge in [0, 0.05) is 26.7 Å². The van der Waals surface area contributed by atoms with Crippen LogP contribution in [-0.2, 0) is 9.59 Å². The van der Waals surface area contributed by atoms with Gasteiger partial charge in [0.05, 0.1) is 16.9 Å². The van der Waals surface area contributed by atoms with Crippen LogP contribution in [0.5, 0.6) is 0 Å². The lowest BCUT2D eigenvalue weighted by molar-refractivity contribution is -0.120. The summed E-state index contributed by atoms with van der Waals surface area (Å²) in [5.74, 6) is -0.0926. The van der Waals surface area contributed by atoms with Crippen molar-refractivity contribution in [3.63, 3.8) is 0 Å². The highest BCUT2D eigenvalue weighted by atomic mass is 16.3. The van der Waals surface area contributed by atoms with Crippen molar-refractivity contribution >= 4 is 30.2 Å². The fourth-order valence-corrected chi connectivity index (χ4v) is 1.89. The van der Waals surface area contributed by atoms with Crippen molar-refractivity contribution in [1.29, 1.82) is 0 Å². The van der Waals surface area contributed by atoms with Crippen molar-refractivity contribution in [1.82, 2.24) is 10.6 Å². The molecule has 0 saturated carbocycles. The van der Waals surface area contributed by atoms with E-state index in [-0.39, 0.29) is 12.3 Å². The molecule has 1 unspecified atom stereocenters. The van der Waals surface area contributed by atoms with Gasteiger partial charge in [-0.15, -0.1) is 0 Å². The molecule has 1 atom stereocenters. The molecule has 1 aromatic rings. The molecule has 0 spiro atoms. The highest BCUT2D eigenvalue weighted by Crippen LogP contribution is 2.04. The molecular formula is C18H29N3O3. The first-order valence-corrected chi connectivity index (χ1v) is 8.16. The molecule has 3 N–H and O–H groups in total. The lowest BCUT2D eigenvalue weighted by Gasteiger charge is -2.11. The average molecular weight is 335 g/mol. The Morgan fingerprint density at radius 3 is 2.58 bits per heavy atom. The van der Waals surface area contributed by atoms with E-state index >= 15 is 0 Å². The minimum atomic E-state index is -0.450. The van der Waals surface area contributed by atoms with Crippen molar-refractivity contribution in [2.75, 3.05) is 19.4 Å². The summed E-state index contributed by atoms with van der Waals surface area (Å²) in [6.07, 6.45) is 10.5. The van der Waals surface area contributed by atoms with Crippen LogP contribution in [0.25, 0.3) is 12.3 Å². The summed E-state index contributed by atoms with van der Waals surface area (Å²) in [7, 11) is 3.37. The normalized spacial score (nSPS) is 13.2. The van der Waals surface area contributed by atoms with Crippen LogP contribution in [-0.4, -0.2) is 32.3 Å².